The third-order valence-corrected chi connectivity index (χ3v) is 26.4. The van der Waals surface area contributed by atoms with E-state index in [2.05, 4.69) is 393 Å². The SMILES string of the molecule is C#Cc1c2cc(C(C)(C)C)cc1c1cc(C)c(c(C)c1)c1cc(C(C)(C)C)cc(c1)c1c(C)c(C)c(c(C)c1C)c1cc(C(C)(C)C)cc(c1)c1c(C)cc(cc1C)c1cc(C(C)(C)C)cc(c1C#C)c1cc(C)c(c(C)c1)c1cc(C(C)(C)C)cc(c1)c1c(C)c(C)c(c(C)c1C)c1cc(C(C)(C)C)cc(c1)c1c(C)cc2cc1C. The van der Waals surface area contributed by atoms with Gasteiger partial charge in [-0.15, -0.1) is 12.8 Å². The van der Waals surface area contributed by atoms with Crippen molar-refractivity contribution in [1.82, 2.24) is 0 Å². The molecular weight excluding hydrogens is 1390 g/mol. The fourth-order valence-electron chi connectivity index (χ4n) is 19.4. The van der Waals surface area contributed by atoms with Crippen LogP contribution in [0.5, 0.6) is 0 Å². The fourth-order valence-corrected chi connectivity index (χ4v) is 19.4. The lowest BCUT2D eigenvalue weighted by Crippen LogP contribution is -2.11. The molecule has 0 saturated carbocycles. The molecule has 0 heteroatoms. The van der Waals surface area contributed by atoms with E-state index in [1.807, 2.05) is 0 Å². The Morgan fingerprint density at radius 1 is 0.164 bits per heavy atom. The highest BCUT2D eigenvalue weighted by Gasteiger charge is 2.26. The Morgan fingerprint density at radius 3 is 0.422 bits per heavy atom. The number of hydrogen-bond acceptors (Lipinski definition) is 0. The van der Waals surface area contributed by atoms with Gasteiger partial charge in [-0.3, -0.25) is 0 Å². The van der Waals surface area contributed by atoms with Gasteiger partial charge in [-0.2, -0.15) is 0 Å². The van der Waals surface area contributed by atoms with Crippen LogP contribution in [0.15, 0.2) is 146 Å². The molecule has 0 aromatic heterocycles. The first-order valence-electron chi connectivity index (χ1n) is 42.4. The molecule has 0 aliphatic carbocycles. The van der Waals surface area contributed by atoms with E-state index in [0.717, 1.165) is 54.2 Å². The Balaban J connectivity index is 1.22. The second kappa shape index (κ2) is 29.4. The van der Waals surface area contributed by atoms with E-state index in [1.54, 1.807) is 0 Å². The summed E-state index contributed by atoms with van der Waals surface area (Å²) in [5.41, 5.74) is 28.8. The topological polar surface area (TPSA) is 0 Å². The second-order valence-corrected chi connectivity index (χ2v) is 41.3. The lowest BCUT2D eigenvalue weighted by atomic mass is 9.82. The number of benzene rings is 12. The molecule has 24 bridgehead atoms. The van der Waals surface area contributed by atoms with Gasteiger partial charge in [0.2, 0.25) is 0 Å². The van der Waals surface area contributed by atoms with Crippen LogP contribution < -0.4 is 0 Å². The van der Waals surface area contributed by atoms with Gasteiger partial charge in [0.15, 0.2) is 0 Å². The van der Waals surface area contributed by atoms with Crippen molar-refractivity contribution < 1.29 is 0 Å². The van der Waals surface area contributed by atoms with Crippen LogP contribution >= 0.6 is 0 Å². The van der Waals surface area contributed by atoms with Gasteiger partial charge >= 0.3 is 0 Å². The summed E-state index contributed by atoms with van der Waals surface area (Å²) in [6.07, 6.45) is 13.9. The minimum absolute atomic E-state index is 0.134. The van der Waals surface area contributed by atoms with Crippen LogP contribution in [0.2, 0.25) is 0 Å². The Bertz CT molecular complexity index is 5980. The van der Waals surface area contributed by atoms with Gasteiger partial charge in [0, 0.05) is 11.1 Å². The molecule has 0 N–H and O–H groups in total. The van der Waals surface area contributed by atoms with Gasteiger partial charge in [0.25, 0.3) is 0 Å². The first-order chi connectivity index (χ1) is 53.8. The van der Waals surface area contributed by atoms with E-state index < -0.39 is 0 Å². The maximum atomic E-state index is 6.93. The monoisotopic (exact) mass is 1520 g/mol. The molecule has 0 amide bonds. The van der Waals surface area contributed by atoms with Crippen LogP contribution in [0, 0.1) is 135 Å². The lowest BCUT2D eigenvalue weighted by molar-refractivity contribution is 0.591. The molecule has 0 aliphatic rings. The highest BCUT2D eigenvalue weighted by molar-refractivity contribution is 6.10. The molecule has 0 spiro atoms. The summed E-state index contributed by atoms with van der Waals surface area (Å²) >= 11 is 0. The number of terminal acetylenes is 2. The van der Waals surface area contributed by atoms with Crippen molar-refractivity contribution in [3.8, 4) is 24.7 Å². The largest absolute Gasteiger partial charge is 0.115 e. The first kappa shape index (κ1) is 83.7. The Hall–Kier alpha value is -10.2. The zero-order chi connectivity index (χ0) is 85.1. The molecule has 0 saturated heterocycles. The summed E-state index contributed by atoms with van der Waals surface area (Å²) in [6, 6.07) is 58.5. The molecule has 0 atom stereocenters. The smallest absolute Gasteiger partial charge is 0.0399 e. The van der Waals surface area contributed by atoms with E-state index in [0.29, 0.717) is 0 Å². The number of hydrogen-bond donors (Lipinski definition) is 0. The van der Waals surface area contributed by atoms with Crippen LogP contribution in [0.25, 0.3) is 129 Å². The average Bonchev–Trinajstić information content (AvgIpc) is 0.751. The minimum Gasteiger partial charge on any atom is -0.115 e. The highest BCUT2D eigenvalue weighted by Crippen LogP contribution is 2.45. The van der Waals surface area contributed by atoms with Gasteiger partial charge in [-0.1, -0.05) is 234 Å². The van der Waals surface area contributed by atoms with E-state index in [9.17, 15) is 0 Å². The van der Waals surface area contributed by atoms with Crippen molar-refractivity contribution in [2.75, 3.05) is 0 Å². The third kappa shape index (κ3) is 15.1. The van der Waals surface area contributed by atoms with E-state index in [1.165, 1.54) is 209 Å². The quantitative estimate of drug-likeness (QED) is 0.133. The predicted molar refractivity (Wildman–Crippen MR) is 520 cm³/mol. The van der Waals surface area contributed by atoms with Crippen LogP contribution in [0.1, 0.15) is 258 Å². The molecule has 0 aliphatic heterocycles. The van der Waals surface area contributed by atoms with Crippen molar-refractivity contribution in [2.45, 2.75) is 268 Å². The summed E-state index contributed by atoms with van der Waals surface area (Å²) in [5.74, 6) is 6.67. The van der Waals surface area contributed by atoms with Crippen molar-refractivity contribution in [2.24, 2.45) is 0 Å². The van der Waals surface area contributed by atoms with Gasteiger partial charge in [-0.05, 0) is 443 Å². The van der Waals surface area contributed by atoms with Gasteiger partial charge in [-0.25, -0.2) is 0 Å². The molecule has 22 aromatic carbocycles. The zero-order valence-corrected chi connectivity index (χ0v) is 77.0. The summed E-state index contributed by atoms with van der Waals surface area (Å²) < 4.78 is 0. The summed E-state index contributed by atoms with van der Waals surface area (Å²) in [5, 5.41) is 29.0. The van der Waals surface area contributed by atoms with E-state index in [-0.39, 0.29) is 32.5 Å². The third-order valence-electron chi connectivity index (χ3n) is 26.4. The predicted octanol–water partition coefficient (Wildman–Crippen LogP) is 33.3. The fraction of sp³-hybridized carbons (Fsp3) is 0.345. The minimum atomic E-state index is -0.172. The highest BCUT2D eigenvalue weighted by atomic mass is 14.3. The van der Waals surface area contributed by atoms with Crippen LogP contribution in [0.3, 0.4) is 0 Å². The van der Waals surface area contributed by atoms with Crippen molar-refractivity contribution in [3.63, 3.8) is 0 Å². The first-order valence-corrected chi connectivity index (χ1v) is 42.4. The normalized spacial score (nSPS) is 12.6. The van der Waals surface area contributed by atoms with Crippen molar-refractivity contribution >= 4 is 129 Å². The number of rotatable bonds is 0. The Morgan fingerprint density at radius 2 is 0.293 bits per heavy atom. The van der Waals surface area contributed by atoms with Crippen LogP contribution in [0.4, 0.5) is 0 Å². The molecule has 0 unspecified atom stereocenters. The van der Waals surface area contributed by atoms with Gasteiger partial charge in [0.05, 0.1) is 0 Å². The molecule has 592 valence electrons. The molecule has 0 fully saturated rings. The number of aryl methyl sites for hydroxylation is 16. The van der Waals surface area contributed by atoms with Crippen LogP contribution in [-0.4, -0.2) is 0 Å². The standard InChI is InChI=1S/C116H128/c1-37-97-99-59-95(115(31,32)33)60-100(97)80-41-65(5)104(66(6)42-80)84-48-88(56-92(52-84)112(22,23)24)108-73(13)77(17)110(78(18)74(108)14)90-50-86(54-94(58-90)114(28,29)30)106-69(9)45-82(46-70(106)10)102-62-96(116(34,35)36)61-101(98(102)38-2)81-43-67(7)105(68(8)44-81)85-49-89(57-93(53-85)113(25,26)27)109-75(15)71(11)107(72(12)76(109)16)87-47-83(51-91(55-87)111(19,20)21)103-63(3)39-79(99)40-64(103)4/h1-2,39-62H,3-36H3. The van der Waals surface area contributed by atoms with Gasteiger partial charge < -0.3 is 0 Å². The molecule has 116 heavy (non-hydrogen) atoms. The van der Waals surface area contributed by atoms with Crippen LogP contribution in [-0.2, 0) is 32.5 Å². The summed E-state index contributed by atoms with van der Waals surface area (Å²) in [7, 11) is 0. The average molecular weight is 1520 g/mol. The molecule has 22 rings (SSSR count). The second-order valence-electron chi connectivity index (χ2n) is 41.3. The molecular formula is C116H128. The molecule has 0 radical (unpaired) electrons. The van der Waals surface area contributed by atoms with E-state index >= 15 is 0 Å². The Labute approximate surface area is 696 Å². The van der Waals surface area contributed by atoms with E-state index in [4.69, 9.17) is 12.8 Å². The Kier molecular flexibility index (Phi) is 21.2. The maximum Gasteiger partial charge on any atom is 0.0399 e. The molecule has 0 heterocycles. The maximum absolute atomic E-state index is 6.93. The summed E-state index contributed by atoms with van der Waals surface area (Å²) in [6.45, 7) is 79.6. The molecule has 22 aromatic rings. The zero-order valence-electron chi connectivity index (χ0n) is 77.0. The van der Waals surface area contributed by atoms with Crippen molar-refractivity contribution in [1.29, 1.82) is 0 Å². The lowest BCUT2D eigenvalue weighted by Gasteiger charge is -2.23. The van der Waals surface area contributed by atoms with Gasteiger partial charge in [0.1, 0.15) is 0 Å². The summed E-state index contributed by atoms with van der Waals surface area (Å²) in [4.78, 5) is 0. The molecule has 0 nitrogen and oxygen atoms in total. The van der Waals surface area contributed by atoms with Crippen molar-refractivity contribution in [3.05, 3.63) is 279 Å².